The van der Waals surface area contributed by atoms with Gasteiger partial charge in [-0.1, -0.05) is 11.6 Å². The van der Waals surface area contributed by atoms with Gasteiger partial charge in [-0.25, -0.2) is 17.6 Å². The van der Waals surface area contributed by atoms with Gasteiger partial charge in [0.05, 0.1) is 6.42 Å². The van der Waals surface area contributed by atoms with Gasteiger partial charge >= 0.3 is 23.9 Å². The van der Waals surface area contributed by atoms with E-state index in [9.17, 15) is 57.1 Å². The van der Waals surface area contributed by atoms with E-state index in [1.54, 1.807) is 0 Å². The van der Waals surface area contributed by atoms with Crippen LogP contribution in [0.1, 0.15) is 6.42 Å². The minimum absolute atomic E-state index is 1.39. The van der Waals surface area contributed by atoms with Crippen molar-refractivity contribution in [1.29, 1.82) is 0 Å². The van der Waals surface area contributed by atoms with Gasteiger partial charge in [-0.05, 0) is 0 Å². The van der Waals surface area contributed by atoms with Crippen molar-refractivity contribution in [1.82, 2.24) is 0 Å². The lowest BCUT2D eigenvalue weighted by molar-refractivity contribution is -0.278. The van der Waals surface area contributed by atoms with Crippen LogP contribution in [0, 0.1) is 0 Å². The Morgan fingerprint density at radius 2 is 1.29 bits per heavy atom. The highest BCUT2D eigenvalue weighted by Gasteiger charge is 2.72. The topological polar surface area (TPSA) is 0 Å². The lowest BCUT2D eigenvalue weighted by Gasteiger charge is -2.34. The molecule has 0 aliphatic heterocycles. The molecule has 3 unspecified atom stereocenters. The van der Waals surface area contributed by atoms with E-state index in [0.717, 1.165) is 0 Å². The molecule has 144 valence electrons. The van der Waals surface area contributed by atoms with Crippen LogP contribution in [0.3, 0.4) is 0 Å². The Bertz CT molecular complexity index is 454. The summed E-state index contributed by atoms with van der Waals surface area (Å²) < 4.78 is 164. The Balaban J connectivity index is 5.62. The van der Waals surface area contributed by atoms with E-state index in [2.05, 4.69) is 11.6 Å². The fourth-order valence-electron chi connectivity index (χ4n) is 1.33. The van der Waals surface area contributed by atoms with E-state index in [1.165, 1.54) is 0 Å². The highest BCUT2D eigenvalue weighted by atomic mass is 35.5. The summed E-state index contributed by atoms with van der Waals surface area (Å²) in [6.45, 7) is 0. The first kappa shape index (κ1) is 23.1. The summed E-state index contributed by atoms with van der Waals surface area (Å²) in [6, 6.07) is 0. The summed E-state index contributed by atoms with van der Waals surface area (Å²) in [5.41, 5.74) is 0. The van der Waals surface area contributed by atoms with Gasteiger partial charge in [0, 0.05) is 0 Å². The fraction of sp³-hybridized carbons (Fsp3) is 0.800. The Hall–Kier alpha value is -0.880. The highest BCUT2D eigenvalue weighted by molar-refractivity contribution is 6.30. The van der Waals surface area contributed by atoms with Crippen LogP contribution in [0.4, 0.5) is 57.1 Å². The van der Waals surface area contributed by atoms with Crippen molar-refractivity contribution in [3.8, 4) is 0 Å². The third-order valence-electron chi connectivity index (χ3n) is 2.58. The van der Waals surface area contributed by atoms with Crippen LogP contribution in [-0.4, -0.2) is 42.5 Å². The lowest BCUT2D eigenvalue weighted by Crippen LogP contribution is -2.59. The van der Waals surface area contributed by atoms with Gasteiger partial charge in [0.25, 0.3) is 0 Å². The summed E-state index contributed by atoms with van der Waals surface area (Å²) in [6.07, 6.45) is -24.5. The summed E-state index contributed by atoms with van der Waals surface area (Å²) in [4.78, 5) is 0. The van der Waals surface area contributed by atoms with Gasteiger partial charge in [0.15, 0.2) is 6.17 Å². The maximum atomic E-state index is 13.1. The molecule has 24 heavy (non-hydrogen) atoms. The molecular formula is C10H6ClF13. The van der Waals surface area contributed by atoms with Gasteiger partial charge in [0.2, 0.25) is 6.17 Å². The van der Waals surface area contributed by atoms with Gasteiger partial charge in [-0.2, -0.15) is 39.5 Å². The SMILES string of the molecule is FC=C(Cl)C(F)(F)C(F)(F)C(F)C(F)(F)C(F)C(F)CC(F)(F)F. The number of hydrogen-bond donors (Lipinski definition) is 0. The van der Waals surface area contributed by atoms with E-state index >= 15 is 0 Å². The normalized spacial score (nSPS) is 19.2. The van der Waals surface area contributed by atoms with Gasteiger partial charge in [0.1, 0.15) is 17.5 Å². The number of alkyl halides is 12. The third-order valence-corrected chi connectivity index (χ3v) is 2.90. The largest absolute Gasteiger partial charge is 0.392 e. The zero-order valence-electron chi connectivity index (χ0n) is 10.8. The molecule has 0 aliphatic rings. The summed E-state index contributed by atoms with van der Waals surface area (Å²) in [5.74, 6) is -19.0. The molecule has 0 saturated carbocycles. The number of hydrogen-bond acceptors (Lipinski definition) is 0. The maximum absolute atomic E-state index is 13.1. The Morgan fingerprint density at radius 3 is 1.62 bits per heavy atom. The molecule has 0 N–H and O–H groups in total. The first-order valence-corrected chi connectivity index (χ1v) is 5.89. The minimum Gasteiger partial charge on any atom is -0.244 e. The molecule has 0 rings (SSSR count). The molecule has 0 aromatic heterocycles. The van der Waals surface area contributed by atoms with E-state index in [-0.39, 0.29) is 0 Å². The molecule has 0 bridgehead atoms. The van der Waals surface area contributed by atoms with E-state index < -0.39 is 60.2 Å². The second-order valence-corrected chi connectivity index (χ2v) is 4.84. The molecule has 3 atom stereocenters. The molecule has 0 aliphatic carbocycles. The average molecular weight is 409 g/mol. The third kappa shape index (κ3) is 4.60. The first-order chi connectivity index (χ1) is 10.4. The molecular weight excluding hydrogens is 403 g/mol. The standard InChI is InChI=1S/C10H6ClF13/c11-4(2-12)9(21,22)10(23,24)6(15)8(19,20)5(14)3(13)1-7(16,17)18/h2-3,5-6H,1H2. The molecule has 0 amide bonds. The molecule has 0 aromatic rings. The van der Waals surface area contributed by atoms with Crippen molar-refractivity contribution < 1.29 is 57.1 Å². The van der Waals surface area contributed by atoms with Crippen molar-refractivity contribution in [3.63, 3.8) is 0 Å². The van der Waals surface area contributed by atoms with E-state index in [0.29, 0.717) is 0 Å². The monoisotopic (exact) mass is 408 g/mol. The molecule has 14 heteroatoms. The number of allylic oxidation sites excluding steroid dienone is 1. The van der Waals surface area contributed by atoms with E-state index in [4.69, 9.17) is 0 Å². The molecule has 0 spiro atoms. The zero-order valence-corrected chi connectivity index (χ0v) is 11.6. The number of halogens is 14. The van der Waals surface area contributed by atoms with Crippen LogP contribution in [0.2, 0.25) is 0 Å². The maximum Gasteiger partial charge on any atom is 0.392 e. The second kappa shape index (κ2) is 7.16. The average Bonchev–Trinajstić information content (AvgIpc) is 2.42. The van der Waals surface area contributed by atoms with Crippen LogP contribution in [0.5, 0.6) is 0 Å². The van der Waals surface area contributed by atoms with Crippen molar-refractivity contribution >= 4 is 11.6 Å². The second-order valence-electron chi connectivity index (χ2n) is 4.43. The molecule has 0 fully saturated rings. The van der Waals surface area contributed by atoms with Crippen molar-refractivity contribution in [2.45, 2.75) is 48.9 Å². The Labute approximate surface area is 130 Å². The predicted molar refractivity (Wildman–Crippen MR) is 55.2 cm³/mol. The van der Waals surface area contributed by atoms with Crippen LogP contribution < -0.4 is 0 Å². The van der Waals surface area contributed by atoms with Gasteiger partial charge < -0.3 is 0 Å². The van der Waals surface area contributed by atoms with Gasteiger partial charge in [-0.3, -0.25) is 0 Å². The summed E-state index contributed by atoms with van der Waals surface area (Å²) in [7, 11) is 0. The van der Waals surface area contributed by atoms with Crippen LogP contribution >= 0.6 is 11.6 Å². The van der Waals surface area contributed by atoms with Gasteiger partial charge in [-0.15, -0.1) is 0 Å². The van der Waals surface area contributed by atoms with Crippen molar-refractivity contribution in [2.75, 3.05) is 0 Å². The minimum atomic E-state index is -6.57. The molecule has 0 nitrogen and oxygen atoms in total. The fourth-order valence-corrected chi connectivity index (χ4v) is 1.46. The van der Waals surface area contributed by atoms with Crippen LogP contribution in [0.15, 0.2) is 11.4 Å². The lowest BCUT2D eigenvalue weighted by atomic mass is 9.95. The van der Waals surface area contributed by atoms with Crippen molar-refractivity contribution in [3.05, 3.63) is 11.4 Å². The smallest absolute Gasteiger partial charge is 0.244 e. The Morgan fingerprint density at radius 1 is 0.875 bits per heavy atom. The van der Waals surface area contributed by atoms with Crippen molar-refractivity contribution in [2.24, 2.45) is 0 Å². The first-order valence-electron chi connectivity index (χ1n) is 5.51. The predicted octanol–water partition coefficient (Wildman–Crippen LogP) is 5.91. The summed E-state index contributed by atoms with van der Waals surface area (Å²) >= 11 is 4.29. The van der Waals surface area contributed by atoms with E-state index in [1.807, 2.05) is 0 Å². The number of rotatable bonds is 7. The van der Waals surface area contributed by atoms with Crippen LogP contribution in [0.25, 0.3) is 0 Å². The molecule has 0 radical (unpaired) electrons. The highest BCUT2D eigenvalue weighted by Crippen LogP contribution is 2.50. The zero-order chi connectivity index (χ0) is 19.7. The molecule has 0 saturated heterocycles. The van der Waals surface area contributed by atoms with Crippen LogP contribution in [-0.2, 0) is 0 Å². The summed E-state index contributed by atoms with van der Waals surface area (Å²) in [5, 5.41) is -2.74. The molecule has 0 heterocycles. The quantitative estimate of drug-likeness (QED) is 0.460. The molecule has 0 aromatic carbocycles. The Kier molecular flexibility index (Phi) is 6.90.